The van der Waals surface area contributed by atoms with Crippen molar-refractivity contribution in [2.75, 3.05) is 18.1 Å². The van der Waals surface area contributed by atoms with Gasteiger partial charge in [-0.05, 0) is 50.0 Å². The molecule has 0 radical (unpaired) electrons. The Morgan fingerprint density at radius 2 is 1.89 bits per heavy atom. The molecule has 1 atom stereocenters. The molecule has 2 saturated heterocycles. The summed E-state index contributed by atoms with van der Waals surface area (Å²) in [4.78, 5) is 26.8. The largest absolute Gasteiger partial charge is 0.342 e. The minimum atomic E-state index is -0.641. The molecule has 19 heavy (non-hydrogen) atoms. The van der Waals surface area contributed by atoms with Crippen molar-refractivity contribution in [3.63, 3.8) is 0 Å². The van der Waals surface area contributed by atoms with Crippen LogP contribution in [0.4, 0.5) is 0 Å². The lowest BCUT2D eigenvalue weighted by molar-refractivity contribution is -0.141. The molecule has 2 heterocycles. The van der Waals surface area contributed by atoms with Crippen molar-refractivity contribution >= 4 is 23.6 Å². The number of nitrogens with zero attached hydrogens (tertiary/aromatic N) is 1. The third kappa shape index (κ3) is 2.49. The fourth-order valence-corrected chi connectivity index (χ4v) is 4.39. The lowest BCUT2D eigenvalue weighted by atomic mass is 9.93. The molecular formula is C14H22N2O2S. The van der Waals surface area contributed by atoms with Gasteiger partial charge in [0.2, 0.25) is 11.8 Å². The van der Waals surface area contributed by atoms with Crippen molar-refractivity contribution < 1.29 is 9.59 Å². The van der Waals surface area contributed by atoms with E-state index in [4.69, 9.17) is 0 Å². The summed E-state index contributed by atoms with van der Waals surface area (Å²) in [6.45, 7) is 2.53. The Balaban J connectivity index is 1.82. The minimum Gasteiger partial charge on any atom is -0.342 e. The second kappa shape index (κ2) is 5.00. The van der Waals surface area contributed by atoms with Crippen LogP contribution in [0.5, 0.6) is 0 Å². The molecule has 3 rings (SSSR count). The normalized spacial score (nSPS) is 34.1. The summed E-state index contributed by atoms with van der Waals surface area (Å²) in [6, 6.07) is 0.347. The first-order valence-corrected chi connectivity index (χ1v) is 8.46. The summed E-state index contributed by atoms with van der Waals surface area (Å²) in [5, 5.41) is 3.00. The standard InChI is InChI=1S/C14H22N2O2S/c1-14(10-2-3-10)13(18)16(7-4-12(17)15-14)11-5-8-19-9-6-11/h10-11H,2-9H2,1H3,(H,15,17). The van der Waals surface area contributed by atoms with Gasteiger partial charge in [-0.15, -0.1) is 0 Å². The zero-order valence-corrected chi connectivity index (χ0v) is 12.3. The Kier molecular flexibility index (Phi) is 3.50. The lowest BCUT2D eigenvalue weighted by Crippen LogP contribution is -2.58. The van der Waals surface area contributed by atoms with Crippen LogP contribution in [0.25, 0.3) is 0 Å². The van der Waals surface area contributed by atoms with E-state index in [-0.39, 0.29) is 11.8 Å². The SMILES string of the molecule is CC1(C2CC2)NC(=O)CCN(C2CCSCC2)C1=O. The van der Waals surface area contributed by atoms with E-state index in [9.17, 15) is 9.59 Å². The summed E-state index contributed by atoms with van der Waals surface area (Å²) in [7, 11) is 0. The Hall–Kier alpha value is -0.710. The summed E-state index contributed by atoms with van der Waals surface area (Å²) in [6.07, 6.45) is 4.74. The quantitative estimate of drug-likeness (QED) is 0.833. The molecule has 0 aromatic heterocycles. The van der Waals surface area contributed by atoms with E-state index < -0.39 is 5.54 Å². The van der Waals surface area contributed by atoms with E-state index in [0.29, 0.717) is 24.9 Å². The molecule has 106 valence electrons. The van der Waals surface area contributed by atoms with Crippen LogP contribution in [-0.2, 0) is 9.59 Å². The van der Waals surface area contributed by atoms with Crippen LogP contribution in [-0.4, -0.2) is 46.3 Å². The lowest BCUT2D eigenvalue weighted by Gasteiger charge is -2.38. The molecule has 1 N–H and O–H groups in total. The Bertz CT molecular complexity index is 391. The highest BCUT2D eigenvalue weighted by atomic mass is 32.2. The number of carbonyl (C=O) groups excluding carboxylic acids is 2. The minimum absolute atomic E-state index is 0.0374. The number of hydrogen-bond acceptors (Lipinski definition) is 3. The van der Waals surface area contributed by atoms with Gasteiger partial charge >= 0.3 is 0 Å². The number of hydrogen-bond donors (Lipinski definition) is 1. The van der Waals surface area contributed by atoms with Crippen LogP contribution in [0, 0.1) is 5.92 Å². The summed E-state index contributed by atoms with van der Waals surface area (Å²) < 4.78 is 0. The fraction of sp³-hybridized carbons (Fsp3) is 0.857. The molecule has 2 aliphatic heterocycles. The molecule has 3 fully saturated rings. The van der Waals surface area contributed by atoms with Gasteiger partial charge in [0.1, 0.15) is 5.54 Å². The van der Waals surface area contributed by atoms with Crippen LogP contribution in [0.2, 0.25) is 0 Å². The molecule has 3 aliphatic rings. The van der Waals surface area contributed by atoms with Gasteiger partial charge in [0.05, 0.1) is 0 Å². The van der Waals surface area contributed by atoms with E-state index in [0.717, 1.165) is 37.2 Å². The average molecular weight is 282 g/mol. The molecule has 5 heteroatoms. The van der Waals surface area contributed by atoms with Crippen molar-refractivity contribution in [3.05, 3.63) is 0 Å². The van der Waals surface area contributed by atoms with Crippen LogP contribution >= 0.6 is 11.8 Å². The van der Waals surface area contributed by atoms with E-state index in [1.165, 1.54) is 0 Å². The van der Waals surface area contributed by atoms with Crippen molar-refractivity contribution in [2.45, 2.75) is 50.6 Å². The van der Waals surface area contributed by atoms with Gasteiger partial charge in [-0.2, -0.15) is 11.8 Å². The predicted molar refractivity (Wildman–Crippen MR) is 75.9 cm³/mol. The highest BCUT2D eigenvalue weighted by Crippen LogP contribution is 2.42. The van der Waals surface area contributed by atoms with Crippen LogP contribution in [0.15, 0.2) is 0 Å². The van der Waals surface area contributed by atoms with Gasteiger partial charge in [-0.1, -0.05) is 0 Å². The van der Waals surface area contributed by atoms with Gasteiger partial charge in [0.25, 0.3) is 0 Å². The third-order valence-corrected chi connectivity index (χ3v) is 5.76. The summed E-state index contributed by atoms with van der Waals surface area (Å²) in [5.74, 6) is 2.82. The molecule has 1 saturated carbocycles. The second-order valence-corrected chi connectivity index (χ2v) is 7.34. The molecule has 4 nitrogen and oxygen atoms in total. The highest BCUT2D eigenvalue weighted by molar-refractivity contribution is 7.99. The van der Waals surface area contributed by atoms with Gasteiger partial charge in [0, 0.05) is 19.0 Å². The Morgan fingerprint density at radius 3 is 2.53 bits per heavy atom. The molecule has 0 bridgehead atoms. The molecular weight excluding hydrogens is 260 g/mol. The summed E-state index contributed by atoms with van der Waals surface area (Å²) >= 11 is 1.97. The van der Waals surface area contributed by atoms with Gasteiger partial charge in [0.15, 0.2) is 0 Å². The van der Waals surface area contributed by atoms with Gasteiger partial charge in [-0.3, -0.25) is 9.59 Å². The summed E-state index contributed by atoms with van der Waals surface area (Å²) in [5.41, 5.74) is -0.641. The van der Waals surface area contributed by atoms with E-state index >= 15 is 0 Å². The Morgan fingerprint density at radius 1 is 1.21 bits per heavy atom. The Labute approximate surface area is 118 Å². The first-order chi connectivity index (χ1) is 9.11. The number of carbonyl (C=O) groups is 2. The first kappa shape index (κ1) is 13.3. The fourth-order valence-electron chi connectivity index (χ4n) is 3.31. The molecule has 1 unspecified atom stereocenters. The van der Waals surface area contributed by atoms with Crippen LogP contribution < -0.4 is 5.32 Å². The van der Waals surface area contributed by atoms with E-state index in [2.05, 4.69) is 5.32 Å². The monoisotopic (exact) mass is 282 g/mol. The smallest absolute Gasteiger partial charge is 0.248 e. The van der Waals surface area contributed by atoms with E-state index in [1.807, 2.05) is 23.6 Å². The van der Waals surface area contributed by atoms with Crippen molar-refractivity contribution in [2.24, 2.45) is 5.92 Å². The maximum atomic E-state index is 12.9. The zero-order valence-electron chi connectivity index (χ0n) is 11.5. The number of thioether (sulfide) groups is 1. The van der Waals surface area contributed by atoms with Crippen molar-refractivity contribution in [1.29, 1.82) is 0 Å². The number of nitrogens with one attached hydrogen (secondary N) is 1. The number of rotatable bonds is 2. The molecule has 0 aromatic carbocycles. The van der Waals surface area contributed by atoms with Crippen molar-refractivity contribution in [3.8, 4) is 0 Å². The molecule has 0 spiro atoms. The maximum absolute atomic E-state index is 12.9. The third-order valence-electron chi connectivity index (χ3n) is 4.71. The predicted octanol–water partition coefficient (Wildman–Crippen LogP) is 1.40. The zero-order chi connectivity index (χ0) is 13.5. The molecule has 0 aromatic rings. The van der Waals surface area contributed by atoms with Gasteiger partial charge in [-0.25, -0.2) is 0 Å². The highest BCUT2D eigenvalue weighted by Gasteiger charge is 2.51. The van der Waals surface area contributed by atoms with Crippen LogP contribution in [0.3, 0.4) is 0 Å². The topological polar surface area (TPSA) is 49.4 Å². The maximum Gasteiger partial charge on any atom is 0.248 e. The van der Waals surface area contributed by atoms with Gasteiger partial charge < -0.3 is 10.2 Å². The van der Waals surface area contributed by atoms with Crippen molar-refractivity contribution in [1.82, 2.24) is 10.2 Å². The van der Waals surface area contributed by atoms with Crippen LogP contribution in [0.1, 0.15) is 39.0 Å². The second-order valence-electron chi connectivity index (χ2n) is 6.12. The number of amides is 2. The first-order valence-electron chi connectivity index (χ1n) is 7.31. The van der Waals surface area contributed by atoms with E-state index in [1.54, 1.807) is 0 Å². The molecule has 2 amide bonds. The molecule has 1 aliphatic carbocycles. The average Bonchev–Trinajstić information content (AvgIpc) is 3.23.